The molecule has 0 bridgehead atoms. The van der Waals surface area contributed by atoms with Crippen molar-refractivity contribution in [3.8, 4) is 5.75 Å². The third-order valence-electron chi connectivity index (χ3n) is 3.97. The molecule has 1 aromatic carbocycles. The van der Waals surface area contributed by atoms with Crippen LogP contribution in [0.15, 0.2) is 24.3 Å². The molecule has 2 rings (SSSR count). The highest BCUT2D eigenvalue weighted by Gasteiger charge is 2.40. The first-order valence-electron chi connectivity index (χ1n) is 6.79. The maximum Gasteiger partial charge on any atom is 0.324 e. The van der Waals surface area contributed by atoms with E-state index in [0.717, 1.165) is 31.5 Å². The van der Waals surface area contributed by atoms with Crippen molar-refractivity contribution >= 4 is 5.97 Å². The van der Waals surface area contributed by atoms with Crippen molar-refractivity contribution in [2.45, 2.75) is 38.1 Å². The van der Waals surface area contributed by atoms with E-state index in [0.29, 0.717) is 6.42 Å². The summed E-state index contributed by atoms with van der Waals surface area (Å²) in [4.78, 5) is 13.8. The van der Waals surface area contributed by atoms with Crippen molar-refractivity contribution in [3.63, 3.8) is 0 Å². The normalized spacial score (nSPS) is 19.8. The molecule has 0 radical (unpaired) electrons. The first-order valence-corrected chi connectivity index (χ1v) is 6.79. The van der Waals surface area contributed by atoms with Gasteiger partial charge in [-0.3, -0.25) is 9.69 Å². The molecule has 1 unspecified atom stereocenters. The minimum atomic E-state index is -0.895. The van der Waals surface area contributed by atoms with Crippen molar-refractivity contribution in [2.24, 2.45) is 0 Å². The highest BCUT2D eigenvalue weighted by atomic mass is 16.4. The fourth-order valence-electron chi connectivity index (χ4n) is 2.77. The van der Waals surface area contributed by atoms with Crippen LogP contribution in [0.2, 0.25) is 0 Å². The summed E-state index contributed by atoms with van der Waals surface area (Å²) in [7, 11) is 0. The zero-order valence-electron chi connectivity index (χ0n) is 11.3. The number of benzene rings is 1. The summed E-state index contributed by atoms with van der Waals surface area (Å²) in [5, 5.41) is 19.1. The van der Waals surface area contributed by atoms with Crippen LogP contribution < -0.4 is 0 Å². The second-order valence-corrected chi connectivity index (χ2v) is 5.47. The molecule has 0 aliphatic carbocycles. The number of phenolic OH excluding ortho intramolecular Hbond substituents is 1. The van der Waals surface area contributed by atoms with Gasteiger partial charge in [0, 0.05) is 6.42 Å². The third kappa shape index (κ3) is 3.07. The molecule has 1 heterocycles. The lowest BCUT2D eigenvalue weighted by molar-refractivity contribution is -0.151. The largest absolute Gasteiger partial charge is 0.508 e. The van der Waals surface area contributed by atoms with E-state index >= 15 is 0 Å². The summed E-state index contributed by atoms with van der Waals surface area (Å²) in [5.41, 5.74) is -0.0377. The van der Waals surface area contributed by atoms with Gasteiger partial charge in [0.05, 0.1) is 0 Å². The third-order valence-corrected chi connectivity index (χ3v) is 3.97. The lowest BCUT2D eigenvalue weighted by Crippen LogP contribution is -2.55. The van der Waals surface area contributed by atoms with Crippen LogP contribution in [0.5, 0.6) is 5.75 Å². The molecule has 1 atom stereocenters. The highest BCUT2D eigenvalue weighted by molar-refractivity contribution is 5.78. The Morgan fingerprint density at radius 1 is 1.32 bits per heavy atom. The molecule has 19 heavy (non-hydrogen) atoms. The number of nitrogens with zero attached hydrogens (tertiary/aromatic N) is 1. The summed E-state index contributed by atoms with van der Waals surface area (Å²) in [6, 6.07) is 6.86. The second kappa shape index (κ2) is 5.61. The number of carbonyl (C=O) groups is 1. The summed E-state index contributed by atoms with van der Waals surface area (Å²) in [6.07, 6.45) is 3.71. The van der Waals surface area contributed by atoms with Gasteiger partial charge in [0.1, 0.15) is 11.3 Å². The minimum Gasteiger partial charge on any atom is -0.508 e. The van der Waals surface area contributed by atoms with Gasteiger partial charge in [0.25, 0.3) is 0 Å². The average Bonchev–Trinajstić information content (AvgIpc) is 2.39. The Kier molecular flexibility index (Phi) is 4.10. The monoisotopic (exact) mass is 263 g/mol. The van der Waals surface area contributed by atoms with Crippen molar-refractivity contribution in [1.29, 1.82) is 0 Å². The number of carboxylic acid groups (broad SMARTS) is 1. The van der Waals surface area contributed by atoms with Crippen molar-refractivity contribution in [2.75, 3.05) is 13.1 Å². The fourth-order valence-corrected chi connectivity index (χ4v) is 2.77. The van der Waals surface area contributed by atoms with E-state index in [4.69, 9.17) is 0 Å². The lowest BCUT2D eigenvalue weighted by Gasteiger charge is -2.40. The van der Waals surface area contributed by atoms with Crippen molar-refractivity contribution < 1.29 is 15.0 Å². The summed E-state index contributed by atoms with van der Waals surface area (Å²) in [5.74, 6) is -0.610. The SMILES string of the molecule is CC(Cc1cccc(O)c1)(C(=O)O)N1CCCCC1. The van der Waals surface area contributed by atoms with E-state index in [1.807, 2.05) is 6.07 Å². The molecule has 1 fully saturated rings. The molecule has 4 nitrogen and oxygen atoms in total. The van der Waals surface area contributed by atoms with Crippen LogP contribution in [0.1, 0.15) is 31.7 Å². The first kappa shape index (κ1) is 13.9. The number of aliphatic carboxylic acids is 1. The summed E-state index contributed by atoms with van der Waals surface area (Å²) >= 11 is 0. The fraction of sp³-hybridized carbons (Fsp3) is 0.533. The lowest BCUT2D eigenvalue weighted by atomic mass is 9.89. The van der Waals surface area contributed by atoms with Gasteiger partial charge >= 0.3 is 5.97 Å². The molecule has 0 amide bonds. The van der Waals surface area contributed by atoms with Crippen LogP contribution >= 0.6 is 0 Å². The van der Waals surface area contributed by atoms with Gasteiger partial charge in [0.15, 0.2) is 0 Å². The quantitative estimate of drug-likeness (QED) is 0.874. The predicted molar refractivity (Wildman–Crippen MR) is 73.3 cm³/mol. The van der Waals surface area contributed by atoms with Gasteiger partial charge in [-0.15, -0.1) is 0 Å². The van der Waals surface area contributed by atoms with E-state index in [1.54, 1.807) is 25.1 Å². The topological polar surface area (TPSA) is 60.8 Å². The van der Waals surface area contributed by atoms with Gasteiger partial charge < -0.3 is 10.2 Å². The number of phenols is 1. The molecular formula is C15H21NO3. The maximum atomic E-state index is 11.7. The zero-order chi connectivity index (χ0) is 13.9. The highest BCUT2D eigenvalue weighted by Crippen LogP contribution is 2.26. The molecule has 0 aromatic heterocycles. The number of aromatic hydroxyl groups is 1. The van der Waals surface area contributed by atoms with Crippen LogP contribution in [-0.2, 0) is 11.2 Å². The number of piperidine rings is 1. The number of likely N-dealkylation sites (tertiary alicyclic amines) is 1. The van der Waals surface area contributed by atoms with Crippen LogP contribution in [0.3, 0.4) is 0 Å². The van der Waals surface area contributed by atoms with Crippen molar-refractivity contribution in [3.05, 3.63) is 29.8 Å². The number of hydrogen-bond donors (Lipinski definition) is 2. The molecule has 2 N–H and O–H groups in total. The van der Waals surface area contributed by atoms with Crippen LogP contribution in [0.4, 0.5) is 0 Å². The van der Waals surface area contributed by atoms with E-state index in [2.05, 4.69) is 4.90 Å². The molecule has 1 aliphatic rings. The van der Waals surface area contributed by atoms with Crippen LogP contribution in [-0.4, -0.2) is 39.7 Å². The Bertz CT molecular complexity index is 454. The molecule has 0 saturated carbocycles. The maximum absolute atomic E-state index is 11.7. The Morgan fingerprint density at radius 3 is 2.58 bits per heavy atom. The Labute approximate surface area is 113 Å². The summed E-state index contributed by atoms with van der Waals surface area (Å²) < 4.78 is 0. The Balaban J connectivity index is 2.21. The molecule has 1 aromatic rings. The van der Waals surface area contributed by atoms with E-state index in [-0.39, 0.29) is 5.75 Å². The van der Waals surface area contributed by atoms with Gasteiger partial charge in [-0.1, -0.05) is 18.6 Å². The standard InChI is InChI=1S/C15H21NO3/c1-15(14(18)19,16-8-3-2-4-9-16)11-12-6-5-7-13(17)10-12/h5-7,10,17H,2-4,8-9,11H2,1H3,(H,18,19). The van der Waals surface area contributed by atoms with E-state index < -0.39 is 11.5 Å². The zero-order valence-corrected chi connectivity index (χ0v) is 11.3. The van der Waals surface area contributed by atoms with Gasteiger partial charge in [0.2, 0.25) is 0 Å². The van der Waals surface area contributed by atoms with E-state index in [1.165, 1.54) is 6.42 Å². The first-order chi connectivity index (χ1) is 9.02. The average molecular weight is 263 g/mol. The Hall–Kier alpha value is -1.55. The molecule has 1 saturated heterocycles. The Morgan fingerprint density at radius 2 is 2.00 bits per heavy atom. The smallest absolute Gasteiger partial charge is 0.324 e. The van der Waals surface area contributed by atoms with Crippen LogP contribution in [0, 0.1) is 0 Å². The molecule has 4 heteroatoms. The minimum absolute atomic E-state index is 0.184. The van der Waals surface area contributed by atoms with E-state index in [9.17, 15) is 15.0 Å². The van der Waals surface area contributed by atoms with Gasteiger partial charge in [-0.2, -0.15) is 0 Å². The number of hydrogen-bond acceptors (Lipinski definition) is 3. The van der Waals surface area contributed by atoms with Crippen LogP contribution in [0.25, 0.3) is 0 Å². The molecule has 104 valence electrons. The number of rotatable bonds is 4. The molecule has 1 aliphatic heterocycles. The summed E-state index contributed by atoms with van der Waals surface area (Å²) in [6.45, 7) is 3.45. The van der Waals surface area contributed by atoms with Gasteiger partial charge in [-0.05, 0) is 50.6 Å². The van der Waals surface area contributed by atoms with Crippen molar-refractivity contribution in [1.82, 2.24) is 4.90 Å². The molecule has 0 spiro atoms. The predicted octanol–water partition coefficient (Wildman–Crippen LogP) is 2.26. The second-order valence-electron chi connectivity index (χ2n) is 5.47. The van der Waals surface area contributed by atoms with Gasteiger partial charge in [-0.25, -0.2) is 0 Å². The number of carboxylic acids is 1. The molecular weight excluding hydrogens is 242 g/mol.